The van der Waals surface area contributed by atoms with Gasteiger partial charge in [0.05, 0.1) is 13.2 Å². The van der Waals surface area contributed by atoms with Crippen LogP contribution in [0.3, 0.4) is 0 Å². The molecule has 0 spiro atoms. The summed E-state index contributed by atoms with van der Waals surface area (Å²) in [6, 6.07) is 6.42. The maximum absolute atomic E-state index is 11.6. The predicted octanol–water partition coefficient (Wildman–Crippen LogP) is 1.61. The number of rotatable bonds is 3. The molecule has 3 N–H and O–H groups in total. The summed E-state index contributed by atoms with van der Waals surface area (Å²) in [5, 5.41) is 15.8. The standard InChI is InChI=1S/C12H15ClN2O3/c13-9-1-3-10(4-2-9)15-11(16)14-7-12(17)5-6-18-8-12/h1-4,17H,5-8H2,(H2,14,15,16). The fourth-order valence-corrected chi connectivity index (χ4v) is 1.82. The SMILES string of the molecule is O=C(NCC1(O)CCOC1)Nc1ccc(Cl)cc1. The van der Waals surface area contributed by atoms with Crippen LogP contribution in [0.5, 0.6) is 0 Å². The van der Waals surface area contributed by atoms with E-state index in [9.17, 15) is 9.90 Å². The summed E-state index contributed by atoms with van der Waals surface area (Å²) in [6.07, 6.45) is 0.536. The van der Waals surface area contributed by atoms with Crippen LogP contribution in [0.2, 0.25) is 5.02 Å². The Morgan fingerprint density at radius 2 is 2.17 bits per heavy atom. The second-order valence-corrected chi connectivity index (χ2v) is 4.78. The molecule has 1 heterocycles. The van der Waals surface area contributed by atoms with E-state index >= 15 is 0 Å². The van der Waals surface area contributed by atoms with Crippen LogP contribution in [-0.4, -0.2) is 36.5 Å². The molecule has 1 aliphatic heterocycles. The van der Waals surface area contributed by atoms with Gasteiger partial charge in [0.1, 0.15) is 5.60 Å². The number of halogens is 1. The van der Waals surface area contributed by atoms with Gasteiger partial charge in [-0.25, -0.2) is 4.79 Å². The smallest absolute Gasteiger partial charge is 0.319 e. The van der Waals surface area contributed by atoms with Gasteiger partial charge in [0.15, 0.2) is 0 Å². The average molecular weight is 271 g/mol. The Bertz CT molecular complexity index is 416. The zero-order valence-corrected chi connectivity index (χ0v) is 10.5. The normalized spacial score (nSPS) is 22.8. The van der Waals surface area contributed by atoms with E-state index in [1.165, 1.54) is 0 Å². The van der Waals surface area contributed by atoms with E-state index in [4.69, 9.17) is 16.3 Å². The molecule has 1 aliphatic rings. The number of nitrogens with one attached hydrogen (secondary N) is 2. The summed E-state index contributed by atoms with van der Waals surface area (Å²) < 4.78 is 5.09. The predicted molar refractivity (Wildman–Crippen MR) is 68.9 cm³/mol. The molecule has 6 heteroatoms. The minimum Gasteiger partial charge on any atom is -0.386 e. The number of benzene rings is 1. The first-order valence-electron chi connectivity index (χ1n) is 5.68. The number of anilines is 1. The topological polar surface area (TPSA) is 70.6 Å². The summed E-state index contributed by atoms with van der Waals surface area (Å²) in [7, 11) is 0. The second kappa shape index (κ2) is 5.56. The van der Waals surface area contributed by atoms with Crippen molar-refractivity contribution < 1.29 is 14.6 Å². The van der Waals surface area contributed by atoms with Crippen LogP contribution in [0, 0.1) is 0 Å². The maximum atomic E-state index is 11.6. The van der Waals surface area contributed by atoms with Crippen LogP contribution < -0.4 is 10.6 Å². The van der Waals surface area contributed by atoms with Gasteiger partial charge < -0.3 is 20.5 Å². The Balaban J connectivity index is 1.80. The van der Waals surface area contributed by atoms with Crippen LogP contribution in [0.25, 0.3) is 0 Å². The molecule has 98 valence electrons. The Morgan fingerprint density at radius 1 is 1.44 bits per heavy atom. The highest BCUT2D eigenvalue weighted by molar-refractivity contribution is 6.30. The third-order valence-corrected chi connectivity index (χ3v) is 3.01. The summed E-state index contributed by atoms with van der Waals surface area (Å²) >= 11 is 5.74. The van der Waals surface area contributed by atoms with Crippen molar-refractivity contribution in [2.75, 3.05) is 25.1 Å². The average Bonchev–Trinajstić information content (AvgIpc) is 2.78. The molecule has 0 radical (unpaired) electrons. The van der Waals surface area contributed by atoms with Gasteiger partial charge in [0, 0.05) is 23.7 Å². The highest BCUT2D eigenvalue weighted by atomic mass is 35.5. The number of urea groups is 1. The Hall–Kier alpha value is -1.30. The summed E-state index contributed by atoms with van der Waals surface area (Å²) in [5.74, 6) is 0. The first-order chi connectivity index (χ1) is 8.57. The molecule has 1 aromatic carbocycles. The lowest BCUT2D eigenvalue weighted by molar-refractivity contribution is 0.0295. The molecule has 1 saturated heterocycles. The third kappa shape index (κ3) is 3.60. The summed E-state index contributed by atoms with van der Waals surface area (Å²) in [4.78, 5) is 11.6. The van der Waals surface area contributed by atoms with Crippen molar-refractivity contribution in [3.05, 3.63) is 29.3 Å². The van der Waals surface area contributed by atoms with Crippen molar-refractivity contribution in [1.29, 1.82) is 0 Å². The van der Waals surface area contributed by atoms with Crippen molar-refractivity contribution in [2.24, 2.45) is 0 Å². The van der Waals surface area contributed by atoms with Gasteiger partial charge in [-0.05, 0) is 24.3 Å². The van der Waals surface area contributed by atoms with E-state index in [0.717, 1.165) is 0 Å². The number of carbonyl (C=O) groups is 1. The van der Waals surface area contributed by atoms with Crippen LogP contribution >= 0.6 is 11.6 Å². The molecule has 0 saturated carbocycles. The highest BCUT2D eigenvalue weighted by Gasteiger charge is 2.32. The fourth-order valence-electron chi connectivity index (χ4n) is 1.69. The molecule has 18 heavy (non-hydrogen) atoms. The van der Waals surface area contributed by atoms with Gasteiger partial charge in [-0.2, -0.15) is 0 Å². The van der Waals surface area contributed by atoms with Gasteiger partial charge in [-0.1, -0.05) is 11.6 Å². The molecule has 0 aromatic heterocycles. The minimum absolute atomic E-state index is 0.173. The molecule has 1 unspecified atom stereocenters. The van der Waals surface area contributed by atoms with Gasteiger partial charge >= 0.3 is 6.03 Å². The number of aliphatic hydroxyl groups is 1. The van der Waals surface area contributed by atoms with Crippen molar-refractivity contribution in [3.8, 4) is 0 Å². The Morgan fingerprint density at radius 3 is 2.78 bits per heavy atom. The molecule has 5 nitrogen and oxygen atoms in total. The van der Waals surface area contributed by atoms with Crippen molar-refractivity contribution in [3.63, 3.8) is 0 Å². The van der Waals surface area contributed by atoms with Gasteiger partial charge in [0.25, 0.3) is 0 Å². The summed E-state index contributed by atoms with van der Waals surface area (Å²) in [6.45, 7) is 0.956. The van der Waals surface area contributed by atoms with Crippen LogP contribution in [0.1, 0.15) is 6.42 Å². The molecule has 2 amide bonds. The molecule has 1 atom stereocenters. The summed E-state index contributed by atoms with van der Waals surface area (Å²) in [5.41, 5.74) is -0.302. The number of ether oxygens (including phenoxy) is 1. The lowest BCUT2D eigenvalue weighted by Gasteiger charge is -2.20. The van der Waals surface area contributed by atoms with E-state index < -0.39 is 5.60 Å². The zero-order chi connectivity index (χ0) is 13.0. The van der Waals surface area contributed by atoms with Crippen LogP contribution in [-0.2, 0) is 4.74 Å². The van der Waals surface area contributed by atoms with Gasteiger partial charge in [-0.3, -0.25) is 0 Å². The van der Waals surface area contributed by atoms with Gasteiger partial charge in [-0.15, -0.1) is 0 Å². The first-order valence-corrected chi connectivity index (χ1v) is 6.06. The van der Waals surface area contributed by atoms with Crippen LogP contribution in [0.15, 0.2) is 24.3 Å². The molecule has 1 aromatic rings. The number of amides is 2. The van der Waals surface area contributed by atoms with Crippen molar-refractivity contribution >= 4 is 23.3 Å². The molecular formula is C12H15ClN2O3. The molecule has 0 aliphatic carbocycles. The number of hydrogen-bond donors (Lipinski definition) is 3. The first kappa shape index (κ1) is 13.1. The molecule has 1 fully saturated rings. The third-order valence-electron chi connectivity index (χ3n) is 2.76. The quantitative estimate of drug-likeness (QED) is 0.782. The van der Waals surface area contributed by atoms with E-state index in [0.29, 0.717) is 23.7 Å². The van der Waals surface area contributed by atoms with E-state index in [2.05, 4.69) is 10.6 Å². The monoisotopic (exact) mass is 270 g/mol. The number of carbonyl (C=O) groups excluding carboxylic acids is 1. The van der Waals surface area contributed by atoms with E-state index in [-0.39, 0.29) is 19.2 Å². The second-order valence-electron chi connectivity index (χ2n) is 4.34. The van der Waals surface area contributed by atoms with E-state index in [1.54, 1.807) is 24.3 Å². The minimum atomic E-state index is -0.947. The lowest BCUT2D eigenvalue weighted by Crippen LogP contribution is -2.44. The number of hydrogen-bond acceptors (Lipinski definition) is 3. The maximum Gasteiger partial charge on any atom is 0.319 e. The largest absolute Gasteiger partial charge is 0.386 e. The van der Waals surface area contributed by atoms with Gasteiger partial charge in [0.2, 0.25) is 0 Å². The fraction of sp³-hybridized carbons (Fsp3) is 0.417. The molecule has 0 bridgehead atoms. The molecule has 2 rings (SSSR count). The Labute approximate surface area is 110 Å². The van der Waals surface area contributed by atoms with Crippen molar-refractivity contribution in [2.45, 2.75) is 12.0 Å². The van der Waals surface area contributed by atoms with Crippen LogP contribution in [0.4, 0.5) is 10.5 Å². The zero-order valence-electron chi connectivity index (χ0n) is 9.78. The lowest BCUT2D eigenvalue weighted by atomic mass is 10.0. The highest BCUT2D eigenvalue weighted by Crippen LogP contribution is 2.17. The van der Waals surface area contributed by atoms with Crippen molar-refractivity contribution in [1.82, 2.24) is 5.32 Å². The molecular weight excluding hydrogens is 256 g/mol. The van der Waals surface area contributed by atoms with E-state index in [1.807, 2.05) is 0 Å². The Kier molecular flexibility index (Phi) is 4.06.